The zero-order valence-electron chi connectivity index (χ0n) is 9.40. The third kappa shape index (κ3) is 3.87. The molecule has 0 aromatic heterocycles. The number of rotatable bonds is 6. The lowest BCUT2D eigenvalue weighted by molar-refractivity contribution is 0.1000. The van der Waals surface area contributed by atoms with Crippen molar-refractivity contribution in [2.75, 3.05) is 12.4 Å². The molecule has 1 amide bonds. The molecule has 0 bridgehead atoms. The molecule has 1 aromatic carbocycles. The fraction of sp³-hybridized carbons (Fsp3) is 0.417. The minimum atomic E-state index is -0.386. The quantitative estimate of drug-likeness (QED) is 0.743. The van der Waals surface area contributed by atoms with Crippen molar-refractivity contribution in [3.05, 3.63) is 34.9 Å². The molecular weight excluding hydrogens is 222 g/mol. The van der Waals surface area contributed by atoms with Crippen molar-refractivity contribution < 1.29 is 9.90 Å². The summed E-state index contributed by atoms with van der Waals surface area (Å²) in [7, 11) is 0. The molecule has 0 atom stereocenters. The molecule has 0 aliphatic heterocycles. The van der Waals surface area contributed by atoms with E-state index in [0.717, 1.165) is 23.5 Å². The van der Waals surface area contributed by atoms with Crippen molar-refractivity contribution in [2.24, 2.45) is 5.73 Å². The van der Waals surface area contributed by atoms with Gasteiger partial charge in [-0.2, -0.15) is 11.8 Å². The summed E-state index contributed by atoms with van der Waals surface area (Å²) in [6, 6.07) is 5.53. The first kappa shape index (κ1) is 13.1. The summed E-state index contributed by atoms with van der Waals surface area (Å²) in [4.78, 5) is 11.0. The summed E-state index contributed by atoms with van der Waals surface area (Å²) >= 11 is 1.78. The van der Waals surface area contributed by atoms with Crippen molar-refractivity contribution in [3.63, 3.8) is 0 Å². The number of hydrogen-bond acceptors (Lipinski definition) is 3. The molecular formula is C12H17NO2S. The second-order valence-electron chi connectivity index (χ2n) is 3.64. The normalized spacial score (nSPS) is 10.4. The maximum Gasteiger partial charge on any atom is 0.248 e. The maximum atomic E-state index is 11.0. The van der Waals surface area contributed by atoms with Crippen LogP contribution in [-0.2, 0) is 5.75 Å². The fourth-order valence-electron chi connectivity index (χ4n) is 1.36. The van der Waals surface area contributed by atoms with Crippen LogP contribution < -0.4 is 5.73 Å². The Kier molecular flexibility index (Phi) is 5.35. The number of hydrogen-bond donors (Lipinski definition) is 2. The smallest absolute Gasteiger partial charge is 0.248 e. The second-order valence-corrected chi connectivity index (χ2v) is 4.74. The minimum Gasteiger partial charge on any atom is -0.396 e. The number of nitrogens with two attached hydrogens (primary N) is 1. The molecule has 0 radical (unpaired) electrons. The van der Waals surface area contributed by atoms with Crippen LogP contribution in [-0.4, -0.2) is 23.4 Å². The van der Waals surface area contributed by atoms with E-state index in [9.17, 15) is 4.79 Å². The van der Waals surface area contributed by atoms with Crippen LogP contribution in [0.2, 0.25) is 0 Å². The Bertz CT molecular complexity index is 366. The number of primary amides is 1. The Labute approximate surface area is 100 Å². The zero-order chi connectivity index (χ0) is 12.0. The topological polar surface area (TPSA) is 63.3 Å². The summed E-state index contributed by atoms with van der Waals surface area (Å²) in [6.45, 7) is 2.22. The van der Waals surface area contributed by atoms with Crippen LogP contribution in [0.5, 0.6) is 0 Å². The van der Waals surface area contributed by atoms with Crippen LogP contribution in [0, 0.1) is 6.92 Å². The Morgan fingerprint density at radius 3 is 2.81 bits per heavy atom. The van der Waals surface area contributed by atoms with E-state index in [2.05, 4.69) is 0 Å². The Hall–Kier alpha value is -1.000. The van der Waals surface area contributed by atoms with E-state index in [1.807, 2.05) is 19.1 Å². The molecule has 0 unspecified atom stereocenters. The van der Waals surface area contributed by atoms with Crippen molar-refractivity contribution in [2.45, 2.75) is 19.1 Å². The summed E-state index contributed by atoms with van der Waals surface area (Å²) < 4.78 is 0. The van der Waals surface area contributed by atoms with Gasteiger partial charge in [0.25, 0.3) is 0 Å². The first-order valence-electron chi connectivity index (χ1n) is 5.23. The van der Waals surface area contributed by atoms with Gasteiger partial charge < -0.3 is 10.8 Å². The van der Waals surface area contributed by atoms with E-state index in [1.54, 1.807) is 17.8 Å². The van der Waals surface area contributed by atoms with Crippen LogP contribution in [0.25, 0.3) is 0 Å². The van der Waals surface area contributed by atoms with E-state index >= 15 is 0 Å². The van der Waals surface area contributed by atoms with Crippen molar-refractivity contribution >= 4 is 17.7 Å². The van der Waals surface area contributed by atoms with Crippen LogP contribution in [0.3, 0.4) is 0 Å². The van der Waals surface area contributed by atoms with Gasteiger partial charge in [-0.3, -0.25) is 4.79 Å². The Balaban J connectivity index is 2.57. The highest BCUT2D eigenvalue weighted by atomic mass is 32.2. The monoisotopic (exact) mass is 239 g/mol. The Morgan fingerprint density at radius 2 is 2.25 bits per heavy atom. The fourth-order valence-corrected chi connectivity index (χ4v) is 2.38. The molecule has 0 saturated carbocycles. The molecule has 1 rings (SSSR count). The third-order valence-corrected chi connectivity index (χ3v) is 3.42. The lowest BCUT2D eigenvalue weighted by Crippen LogP contribution is -2.11. The highest BCUT2D eigenvalue weighted by molar-refractivity contribution is 7.98. The molecule has 0 spiro atoms. The largest absolute Gasteiger partial charge is 0.396 e. The van der Waals surface area contributed by atoms with Gasteiger partial charge in [0.1, 0.15) is 0 Å². The number of carbonyl (C=O) groups excluding carboxylic acids is 1. The van der Waals surface area contributed by atoms with Crippen LogP contribution in [0.1, 0.15) is 27.9 Å². The molecule has 0 aliphatic carbocycles. The molecule has 0 aliphatic rings. The SMILES string of the molecule is Cc1cc(C(N)=O)ccc1CSCCCO. The standard InChI is InChI=1S/C12H17NO2S/c1-9-7-10(12(13)15)3-4-11(9)8-16-6-2-5-14/h3-4,7,14H,2,5-6,8H2,1H3,(H2,13,15). The van der Waals surface area contributed by atoms with Gasteiger partial charge >= 0.3 is 0 Å². The van der Waals surface area contributed by atoms with Gasteiger partial charge in [0.05, 0.1) is 0 Å². The first-order valence-corrected chi connectivity index (χ1v) is 6.38. The van der Waals surface area contributed by atoms with E-state index in [1.165, 1.54) is 5.56 Å². The van der Waals surface area contributed by atoms with Gasteiger partial charge in [-0.1, -0.05) is 6.07 Å². The lowest BCUT2D eigenvalue weighted by Gasteiger charge is -2.06. The predicted molar refractivity (Wildman–Crippen MR) is 67.6 cm³/mol. The Morgan fingerprint density at radius 1 is 1.50 bits per heavy atom. The average Bonchev–Trinajstić information content (AvgIpc) is 2.26. The molecule has 88 valence electrons. The van der Waals surface area contributed by atoms with Crippen molar-refractivity contribution in [1.29, 1.82) is 0 Å². The number of aliphatic hydroxyl groups is 1. The highest BCUT2D eigenvalue weighted by Gasteiger charge is 2.04. The molecule has 3 nitrogen and oxygen atoms in total. The number of benzene rings is 1. The number of carbonyl (C=O) groups is 1. The first-order chi connectivity index (χ1) is 7.65. The minimum absolute atomic E-state index is 0.243. The number of aryl methyl sites for hydroxylation is 1. The molecule has 0 heterocycles. The van der Waals surface area contributed by atoms with Gasteiger partial charge in [-0.05, 0) is 42.4 Å². The number of amides is 1. The van der Waals surface area contributed by atoms with Gasteiger partial charge in [0.15, 0.2) is 0 Å². The average molecular weight is 239 g/mol. The number of aliphatic hydroxyl groups excluding tert-OH is 1. The summed E-state index contributed by atoms with van der Waals surface area (Å²) in [5.41, 5.74) is 8.06. The van der Waals surface area contributed by atoms with Crippen LogP contribution >= 0.6 is 11.8 Å². The van der Waals surface area contributed by atoms with Gasteiger partial charge in [0, 0.05) is 17.9 Å². The van der Waals surface area contributed by atoms with E-state index in [0.29, 0.717) is 5.56 Å². The number of thioether (sulfide) groups is 1. The summed E-state index contributed by atoms with van der Waals surface area (Å²) in [5.74, 6) is 1.47. The van der Waals surface area contributed by atoms with Gasteiger partial charge in [0.2, 0.25) is 5.91 Å². The maximum absolute atomic E-state index is 11.0. The molecule has 16 heavy (non-hydrogen) atoms. The predicted octanol–water partition coefficient (Wildman–Crippen LogP) is 1.71. The third-order valence-electron chi connectivity index (χ3n) is 2.33. The molecule has 4 heteroatoms. The van der Waals surface area contributed by atoms with Crippen LogP contribution in [0.15, 0.2) is 18.2 Å². The zero-order valence-corrected chi connectivity index (χ0v) is 10.2. The molecule has 1 aromatic rings. The second kappa shape index (κ2) is 6.55. The van der Waals surface area contributed by atoms with Crippen molar-refractivity contribution in [3.8, 4) is 0 Å². The van der Waals surface area contributed by atoms with Gasteiger partial charge in [-0.25, -0.2) is 0 Å². The molecule has 0 saturated heterocycles. The summed E-state index contributed by atoms with van der Waals surface area (Å²) in [6.07, 6.45) is 0.823. The molecule has 0 fully saturated rings. The summed E-state index contributed by atoms with van der Waals surface area (Å²) in [5, 5.41) is 8.65. The lowest BCUT2D eigenvalue weighted by atomic mass is 10.1. The molecule has 3 N–H and O–H groups in total. The van der Waals surface area contributed by atoms with Crippen LogP contribution in [0.4, 0.5) is 0 Å². The van der Waals surface area contributed by atoms with E-state index in [-0.39, 0.29) is 12.5 Å². The van der Waals surface area contributed by atoms with E-state index in [4.69, 9.17) is 10.8 Å². The highest BCUT2D eigenvalue weighted by Crippen LogP contribution is 2.18. The van der Waals surface area contributed by atoms with E-state index < -0.39 is 0 Å². The van der Waals surface area contributed by atoms with Gasteiger partial charge in [-0.15, -0.1) is 0 Å². The van der Waals surface area contributed by atoms with Crippen molar-refractivity contribution in [1.82, 2.24) is 0 Å².